The zero-order valence-corrected chi connectivity index (χ0v) is 19.2. The van der Waals surface area contributed by atoms with Crippen LogP contribution in [0.25, 0.3) is 0 Å². The molecule has 0 aliphatic heterocycles. The largest absolute Gasteiger partial charge is 0.502 e. The first kappa shape index (κ1) is 20.1. The number of carbonyl (C=O) groups excluding carboxylic acids is 1. The highest BCUT2D eigenvalue weighted by atomic mass is 32.3. The fraction of sp³-hybridized carbons (Fsp3) is 0.345. The molecule has 3 heteroatoms. The van der Waals surface area contributed by atoms with Crippen LogP contribution < -0.4 is 0 Å². The summed E-state index contributed by atoms with van der Waals surface area (Å²) >= 11 is 0. The van der Waals surface area contributed by atoms with Crippen LogP contribution in [0.2, 0.25) is 0 Å². The molecule has 32 heavy (non-hydrogen) atoms. The van der Waals surface area contributed by atoms with Gasteiger partial charge in [-0.3, -0.25) is 4.18 Å². The molecule has 4 bridgehead atoms. The molecule has 0 atom stereocenters. The Labute approximate surface area is 192 Å². The monoisotopic (exact) mass is 443 g/mol. The van der Waals surface area contributed by atoms with E-state index in [0.29, 0.717) is 5.97 Å². The Bertz CT molecular complexity index is 962. The second-order valence-corrected chi connectivity index (χ2v) is 12.8. The van der Waals surface area contributed by atoms with E-state index in [4.69, 9.17) is 4.18 Å². The van der Waals surface area contributed by atoms with Crippen molar-refractivity contribution in [2.75, 3.05) is 0 Å². The number of hydrogen-bond acceptors (Lipinski definition) is 1. The van der Waals surface area contributed by atoms with Crippen LogP contribution in [-0.2, 0) is 4.18 Å². The Morgan fingerprint density at radius 1 is 0.625 bits per heavy atom. The van der Waals surface area contributed by atoms with E-state index < -0.39 is 10.3 Å². The SMILES string of the molecule is [OH+]=C(OS(c1ccccc1)(c1ccccc1)c1ccccc1)C12CC3CC(CC(C3)C1)C2. The third-order valence-corrected chi connectivity index (χ3v) is 11.1. The quantitative estimate of drug-likeness (QED) is 0.373. The normalized spacial score (nSPS) is 28.9. The highest BCUT2D eigenvalue weighted by Crippen LogP contribution is 2.71. The van der Waals surface area contributed by atoms with Crippen LogP contribution in [0.5, 0.6) is 0 Å². The van der Waals surface area contributed by atoms with E-state index in [1.54, 1.807) is 0 Å². The third kappa shape index (κ3) is 3.21. The van der Waals surface area contributed by atoms with Gasteiger partial charge in [-0.05, 0) is 92.7 Å². The zero-order chi connectivity index (χ0) is 21.6. The first-order valence-corrected chi connectivity index (χ1v) is 13.5. The molecule has 3 aromatic rings. The summed E-state index contributed by atoms with van der Waals surface area (Å²) in [7, 11) is -2.11. The predicted octanol–water partition coefficient (Wildman–Crippen LogP) is 7.62. The summed E-state index contributed by atoms with van der Waals surface area (Å²) in [4.78, 5) is 15.2. The van der Waals surface area contributed by atoms with Gasteiger partial charge in [0.1, 0.15) is 5.41 Å². The van der Waals surface area contributed by atoms with Gasteiger partial charge in [-0.2, -0.15) is 0 Å². The van der Waals surface area contributed by atoms with Crippen LogP contribution in [0.4, 0.5) is 0 Å². The molecule has 0 aromatic heterocycles. The van der Waals surface area contributed by atoms with E-state index in [9.17, 15) is 4.79 Å². The van der Waals surface area contributed by atoms with Gasteiger partial charge in [-0.15, -0.1) is 0 Å². The van der Waals surface area contributed by atoms with Crippen molar-refractivity contribution in [2.24, 2.45) is 23.2 Å². The summed E-state index contributed by atoms with van der Waals surface area (Å²) in [5.74, 6) is 2.55. The maximum absolute atomic E-state index is 11.8. The first-order chi connectivity index (χ1) is 15.7. The van der Waals surface area contributed by atoms with Crippen LogP contribution in [0, 0.1) is 23.2 Å². The Kier molecular flexibility index (Phi) is 4.91. The van der Waals surface area contributed by atoms with Crippen molar-refractivity contribution in [3.8, 4) is 0 Å². The lowest BCUT2D eigenvalue weighted by atomic mass is 9.49. The van der Waals surface area contributed by atoms with Crippen molar-refractivity contribution < 1.29 is 8.98 Å². The molecule has 4 fully saturated rings. The van der Waals surface area contributed by atoms with Crippen LogP contribution in [0.3, 0.4) is 0 Å². The molecule has 0 spiro atoms. The van der Waals surface area contributed by atoms with Crippen LogP contribution in [0.15, 0.2) is 106 Å². The van der Waals surface area contributed by atoms with Gasteiger partial charge in [0, 0.05) is 0 Å². The van der Waals surface area contributed by atoms with E-state index in [1.165, 1.54) is 19.3 Å². The minimum atomic E-state index is -2.11. The van der Waals surface area contributed by atoms with Gasteiger partial charge in [0.2, 0.25) is 0 Å². The van der Waals surface area contributed by atoms with Crippen LogP contribution >= 0.6 is 10.3 Å². The first-order valence-electron chi connectivity index (χ1n) is 11.9. The molecule has 3 aromatic carbocycles. The maximum Gasteiger partial charge on any atom is 0.502 e. The summed E-state index contributed by atoms with van der Waals surface area (Å²) in [5.41, 5.74) is -0.175. The molecule has 0 amide bonds. The maximum atomic E-state index is 11.8. The lowest BCUT2D eigenvalue weighted by molar-refractivity contribution is -0.0237. The third-order valence-electron chi connectivity index (χ3n) is 7.92. The molecule has 0 radical (unpaired) electrons. The zero-order valence-electron chi connectivity index (χ0n) is 18.4. The fourth-order valence-corrected chi connectivity index (χ4v) is 10.1. The van der Waals surface area contributed by atoms with E-state index in [2.05, 4.69) is 72.8 Å². The van der Waals surface area contributed by atoms with Crippen molar-refractivity contribution in [3.63, 3.8) is 0 Å². The van der Waals surface area contributed by atoms with Crippen LogP contribution in [0.1, 0.15) is 38.5 Å². The second kappa shape index (κ2) is 7.81. The van der Waals surface area contributed by atoms with Gasteiger partial charge in [0.15, 0.2) is 0 Å². The van der Waals surface area contributed by atoms with Crippen molar-refractivity contribution >= 4 is 16.3 Å². The summed E-state index contributed by atoms with van der Waals surface area (Å²) < 4.78 is 7.04. The van der Waals surface area contributed by atoms with Gasteiger partial charge in [-0.25, -0.2) is 0 Å². The summed E-state index contributed by atoms with van der Waals surface area (Å²) in [6.45, 7) is 0. The van der Waals surface area contributed by atoms with Gasteiger partial charge >= 0.3 is 5.97 Å². The molecule has 1 N–H and O–H groups in total. The Morgan fingerprint density at radius 2 is 0.969 bits per heavy atom. The predicted molar refractivity (Wildman–Crippen MR) is 130 cm³/mol. The Hall–Kier alpha value is -2.52. The van der Waals surface area contributed by atoms with Gasteiger partial charge in [-0.1, -0.05) is 54.6 Å². The van der Waals surface area contributed by atoms with Gasteiger partial charge in [0.05, 0.1) is 25.0 Å². The van der Waals surface area contributed by atoms with E-state index in [0.717, 1.165) is 51.7 Å². The summed E-state index contributed by atoms with van der Waals surface area (Å²) in [6.07, 6.45) is 7.29. The van der Waals surface area contributed by atoms with Crippen molar-refractivity contribution in [1.82, 2.24) is 0 Å². The standard InChI is InChI=1S/C29H30O2S/c30-28(29-19-22-16-23(20-29)18-24(17-22)21-29)31-32(25-10-4-1-5-11-25,26-12-6-2-7-13-26)27-14-8-3-9-15-27/h1-15,22-24H,16-21H2/p+1. The second-order valence-electron chi connectivity index (χ2n) is 10.1. The van der Waals surface area contributed by atoms with Gasteiger partial charge in [0.25, 0.3) is 0 Å². The van der Waals surface area contributed by atoms with Crippen LogP contribution in [-0.4, -0.2) is 10.8 Å². The highest BCUT2D eigenvalue weighted by Gasteiger charge is 2.61. The smallest absolute Gasteiger partial charge is 0.338 e. The molecular weight excluding hydrogens is 412 g/mol. The number of rotatable bonds is 5. The van der Waals surface area contributed by atoms with E-state index >= 15 is 0 Å². The average Bonchev–Trinajstić information content (AvgIpc) is 2.83. The van der Waals surface area contributed by atoms with Crippen molar-refractivity contribution in [1.29, 1.82) is 0 Å². The summed E-state index contributed by atoms with van der Waals surface area (Å²) in [6, 6.07) is 31.5. The Morgan fingerprint density at radius 3 is 1.31 bits per heavy atom. The molecule has 7 rings (SSSR count). The molecule has 0 saturated heterocycles. The highest BCUT2D eigenvalue weighted by molar-refractivity contribution is 8.30. The summed E-state index contributed by atoms with van der Waals surface area (Å²) in [5, 5.41) is 0. The molecule has 0 unspecified atom stereocenters. The number of hydrogen-bond donors (Lipinski definition) is 0. The van der Waals surface area contributed by atoms with Crippen molar-refractivity contribution in [3.05, 3.63) is 91.0 Å². The molecule has 0 heterocycles. The van der Waals surface area contributed by atoms with E-state index in [1.807, 2.05) is 18.2 Å². The minimum Gasteiger partial charge on any atom is -0.338 e. The van der Waals surface area contributed by atoms with Crippen molar-refractivity contribution in [2.45, 2.75) is 53.2 Å². The van der Waals surface area contributed by atoms with Gasteiger partial charge < -0.3 is 4.79 Å². The molecule has 4 saturated carbocycles. The molecule has 4 aliphatic carbocycles. The molecule has 4 aliphatic rings. The lowest BCUT2D eigenvalue weighted by Gasteiger charge is -2.53. The number of benzene rings is 3. The average molecular weight is 444 g/mol. The van der Waals surface area contributed by atoms with E-state index in [-0.39, 0.29) is 5.41 Å². The fourth-order valence-electron chi connectivity index (χ4n) is 6.97. The molecule has 2 nitrogen and oxygen atoms in total. The molecular formula is C29H31O2S+. The lowest BCUT2D eigenvalue weighted by Crippen LogP contribution is -2.50. The molecule has 164 valence electrons. The topological polar surface area (TPSA) is 30.6 Å². The Balaban J connectivity index is 1.49. The minimum absolute atomic E-state index is 0.175.